The zero-order chi connectivity index (χ0) is 13.6. The molecule has 0 bridgehead atoms. The van der Waals surface area contributed by atoms with Crippen molar-refractivity contribution in [1.29, 1.82) is 0 Å². The Kier molecular flexibility index (Phi) is 2.49. The molecule has 0 unspecified atom stereocenters. The Morgan fingerprint density at radius 2 is 1.89 bits per heavy atom. The normalized spacial score (nSPS) is 12.1. The van der Waals surface area contributed by atoms with Gasteiger partial charge in [0.05, 0.1) is 4.90 Å². The van der Waals surface area contributed by atoms with E-state index in [1.54, 1.807) is 24.3 Å². The smallest absolute Gasteiger partial charge is 0.270 e. The quantitative estimate of drug-likeness (QED) is 0.609. The molecule has 0 spiro atoms. The number of aromatic nitrogens is 4. The predicted molar refractivity (Wildman–Crippen MR) is 70.1 cm³/mol. The molecule has 94 valence electrons. The van der Waals surface area contributed by atoms with E-state index in [1.165, 1.54) is 16.9 Å². The molecule has 0 saturated heterocycles. The molecule has 1 aromatic carbocycles. The highest BCUT2D eigenvalue weighted by atomic mass is 32.2. The van der Waals surface area contributed by atoms with E-state index in [0.29, 0.717) is 0 Å². The summed E-state index contributed by atoms with van der Waals surface area (Å²) in [5.74, 6) is 0.165. The van der Waals surface area contributed by atoms with Gasteiger partial charge in [-0.25, -0.2) is 12.4 Å². The molecular weight excluding hydrogens is 263 g/mol. The van der Waals surface area contributed by atoms with Gasteiger partial charge in [0, 0.05) is 6.20 Å². The standard InChI is InChI=1S/C11H9BN4O2S/c1-8-2-4-9(5-3-8)19(17,18)16-6-10(12)15-7-13-14-11(15)16/h2-7H,1H3. The van der Waals surface area contributed by atoms with Crippen LogP contribution >= 0.6 is 0 Å². The van der Waals surface area contributed by atoms with Gasteiger partial charge >= 0.3 is 0 Å². The molecule has 3 rings (SSSR count). The van der Waals surface area contributed by atoms with Crippen LogP contribution in [0.15, 0.2) is 41.7 Å². The highest BCUT2D eigenvalue weighted by molar-refractivity contribution is 7.90. The Morgan fingerprint density at radius 3 is 2.58 bits per heavy atom. The second-order valence-electron chi connectivity index (χ2n) is 4.17. The molecule has 6 nitrogen and oxygen atoms in total. The average molecular weight is 272 g/mol. The van der Waals surface area contributed by atoms with Crippen molar-refractivity contribution in [3.8, 4) is 0 Å². The summed E-state index contributed by atoms with van der Waals surface area (Å²) in [5.41, 5.74) is 1.24. The third-order valence-corrected chi connectivity index (χ3v) is 4.49. The van der Waals surface area contributed by atoms with E-state index in [1.807, 2.05) is 6.92 Å². The van der Waals surface area contributed by atoms with Crippen LogP contribution in [0, 0.1) is 6.92 Å². The van der Waals surface area contributed by atoms with Crippen LogP contribution in [0.5, 0.6) is 0 Å². The second-order valence-corrected chi connectivity index (χ2v) is 5.98. The molecule has 2 aromatic heterocycles. The first-order valence-corrected chi connectivity index (χ1v) is 6.93. The molecule has 19 heavy (non-hydrogen) atoms. The number of rotatable bonds is 2. The first kappa shape index (κ1) is 12.0. The Hall–Kier alpha value is -2.09. The van der Waals surface area contributed by atoms with Crippen molar-refractivity contribution in [2.75, 3.05) is 0 Å². The molecule has 3 aromatic rings. The van der Waals surface area contributed by atoms with Crippen LogP contribution in [0.1, 0.15) is 5.56 Å². The summed E-state index contributed by atoms with van der Waals surface area (Å²) in [4.78, 5) is 0.179. The summed E-state index contributed by atoms with van der Waals surface area (Å²) in [5, 5.41) is 7.42. The van der Waals surface area contributed by atoms with Gasteiger partial charge < -0.3 is 0 Å². The minimum absolute atomic E-state index is 0.165. The van der Waals surface area contributed by atoms with Crippen LogP contribution in [0.2, 0.25) is 0 Å². The molecule has 0 aliphatic rings. The first-order chi connectivity index (χ1) is 9.00. The number of hydrogen-bond donors (Lipinski definition) is 0. The maximum Gasteiger partial charge on any atom is 0.270 e. The number of nitrogens with zero attached hydrogens (tertiary/aromatic N) is 4. The maximum absolute atomic E-state index is 12.5. The van der Waals surface area contributed by atoms with Gasteiger partial charge in [0.15, 0.2) is 0 Å². The van der Waals surface area contributed by atoms with Gasteiger partial charge in [-0.3, -0.25) is 4.40 Å². The van der Waals surface area contributed by atoms with Crippen molar-refractivity contribution < 1.29 is 8.42 Å². The lowest BCUT2D eigenvalue weighted by Gasteiger charge is -2.05. The number of fused-ring (bicyclic) bond motifs is 1. The van der Waals surface area contributed by atoms with E-state index in [0.717, 1.165) is 9.54 Å². The first-order valence-electron chi connectivity index (χ1n) is 5.49. The fourth-order valence-electron chi connectivity index (χ4n) is 1.80. The molecule has 0 atom stereocenters. The van der Waals surface area contributed by atoms with Crippen LogP contribution < -0.4 is 5.59 Å². The number of aryl methyl sites for hydroxylation is 1. The molecule has 0 aliphatic carbocycles. The van der Waals surface area contributed by atoms with Crippen molar-refractivity contribution in [2.45, 2.75) is 11.8 Å². The molecule has 2 radical (unpaired) electrons. The zero-order valence-corrected chi connectivity index (χ0v) is 10.9. The fraction of sp³-hybridized carbons (Fsp3) is 0.0909. The summed E-state index contributed by atoms with van der Waals surface area (Å²) >= 11 is 0. The second kappa shape index (κ2) is 3.96. The third kappa shape index (κ3) is 1.75. The third-order valence-electron chi connectivity index (χ3n) is 2.83. The van der Waals surface area contributed by atoms with Gasteiger partial charge in [-0.05, 0) is 24.6 Å². The van der Waals surface area contributed by atoms with E-state index < -0.39 is 10.0 Å². The Balaban J connectivity index is 2.25. The Morgan fingerprint density at radius 1 is 1.21 bits per heavy atom. The van der Waals surface area contributed by atoms with Crippen LogP contribution in [0.25, 0.3) is 5.78 Å². The Labute approximate surface area is 111 Å². The van der Waals surface area contributed by atoms with Gasteiger partial charge in [0.2, 0.25) is 5.78 Å². The van der Waals surface area contributed by atoms with Crippen LogP contribution in [-0.4, -0.2) is 34.8 Å². The van der Waals surface area contributed by atoms with Gasteiger partial charge in [-0.1, -0.05) is 17.7 Å². The largest absolute Gasteiger partial charge is 0.280 e. The lowest BCUT2D eigenvalue weighted by Crippen LogP contribution is -2.13. The van der Waals surface area contributed by atoms with Crippen molar-refractivity contribution >= 4 is 29.2 Å². The number of benzene rings is 1. The van der Waals surface area contributed by atoms with Gasteiger partial charge in [-0.2, -0.15) is 0 Å². The monoisotopic (exact) mass is 272 g/mol. The highest BCUT2D eigenvalue weighted by Gasteiger charge is 2.21. The highest BCUT2D eigenvalue weighted by Crippen LogP contribution is 2.16. The van der Waals surface area contributed by atoms with Crippen LogP contribution in [-0.2, 0) is 10.0 Å². The maximum atomic E-state index is 12.5. The fourth-order valence-corrected chi connectivity index (χ4v) is 3.10. The summed E-state index contributed by atoms with van der Waals surface area (Å²) < 4.78 is 27.4. The van der Waals surface area contributed by atoms with E-state index in [2.05, 4.69) is 10.2 Å². The number of imidazole rings is 1. The lowest BCUT2D eigenvalue weighted by molar-refractivity contribution is 0.588. The zero-order valence-electron chi connectivity index (χ0n) is 10.1. The summed E-state index contributed by atoms with van der Waals surface area (Å²) in [6.07, 6.45) is 2.69. The van der Waals surface area contributed by atoms with Crippen molar-refractivity contribution in [3.63, 3.8) is 0 Å². The molecule has 0 saturated carbocycles. The lowest BCUT2D eigenvalue weighted by atomic mass is 10.1. The summed E-state index contributed by atoms with van der Waals surface area (Å²) in [6.45, 7) is 1.89. The molecule has 0 aliphatic heterocycles. The van der Waals surface area contributed by atoms with E-state index in [4.69, 9.17) is 7.85 Å². The summed E-state index contributed by atoms with van der Waals surface area (Å²) in [6, 6.07) is 6.57. The van der Waals surface area contributed by atoms with E-state index >= 15 is 0 Å². The van der Waals surface area contributed by atoms with Crippen LogP contribution in [0.3, 0.4) is 0 Å². The molecule has 0 fully saturated rings. The van der Waals surface area contributed by atoms with E-state index in [-0.39, 0.29) is 16.3 Å². The minimum atomic E-state index is -3.72. The topological polar surface area (TPSA) is 69.3 Å². The van der Waals surface area contributed by atoms with E-state index in [9.17, 15) is 8.42 Å². The number of hydrogen-bond acceptors (Lipinski definition) is 4. The SMILES string of the molecule is [B]c1cn(S(=O)(=O)c2ccc(C)cc2)c2nncn12. The van der Waals surface area contributed by atoms with Gasteiger partial charge in [0.25, 0.3) is 10.0 Å². The van der Waals surface area contributed by atoms with Crippen molar-refractivity contribution in [3.05, 3.63) is 42.4 Å². The van der Waals surface area contributed by atoms with Crippen molar-refractivity contribution in [2.24, 2.45) is 0 Å². The summed E-state index contributed by atoms with van der Waals surface area (Å²) in [7, 11) is 2.00. The Bertz CT molecular complexity index is 849. The molecule has 0 amide bonds. The molecular formula is C11H9BN4O2S. The van der Waals surface area contributed by atoms with Crippen LogP contribution in [0.4, 0.5) is 0 Å². The molecule has 8 heteroatoms. The van der Waals surface area contributed by atoms with Crippen molar-refractivity contribution in [1.82, 2.24) is 18.6 Å². The molecule has 0 N–H and O–H groups in total. The van der Waals surface area contributed by atoms with Gasteiger partial charge in [-0.15, -0.1) is 10.2 Å². The predicted octanol–water partition coefficient (Wildman–Crippen LogP) is -0.130. The minimum Gasteiger partial charge on any atom is -0.280 e. The average Bonchev–Trinajstić information content (AvgIpc) is 2.94. The molecule has 2 heterocycles. The van der Waals surface area contributed by atoms with Gasteiger partial charge in [0.1, 0.15) is 14.2 Å².